The molecule has 1 aliphatic carbocycles. The fourth-order valence-electron chi connectivity index (χ4n) is 4.89. The summed E-state index contributed by atoms with van der Waals surface area (Å²) in [5.41, 5.74) is 1.84. The van der Waals surface area contributed by atoms with Gasteiger partial charge in [0, 0.05) is 12.6 Å². The maximum atomic E-state index is 13.3. The summed E-state index contributed by atoms with van der Waals surface area (Å²) in [6, 6.07) is 10.3. The highest BCUT2D eigenvalue weighted by molar-refractivity contribution is 7.91. The van der Waals surface area contributed by atoms with E-state index in [-0.39, 0.29) is 35.7 Å². The molecule has 2 aromatic rings. The van der Waals surface area contributed by atoms with Crippen molar-refractivity contribution < 1.29 is 22.7 Å². The second kappa shape index (κ2) is 11.5. The van der Waals surface area contributed by atoms with Crippen LogP contribution in [0.2, 0.25) is 0 Å². The number of benzene rings is 1. The quantitative estimate of drug-likeness (QED) is 0.571. The molecule has 34 heavy (non-hydrogen) atoms. The van der Waals surface area contributed by atoms with Crippen LogP contribution in [0.25, 0.3) is 0 Å². The Morgan fingerprint density at radius 3 is 2.50 bits per heavy atom. The summed E-state index contributed by atoms with van der Waals surface area (Å²) in [5.74, 6) is -0.882. The van der Waals surface area contributed by atoms with E-state index in [0.717, 1.165) is 48.1 Å². The van der Waals surface area contributed by atoms with E-state index in [1.54, 1.807) is 17.5 Å². The van der Waals surface area contributed by atoms with E-state index in [9.17, 15) is 18.0 Å². The van der Waals surface area contributed by atoms with Gasteiger partial charge in [-0.3, -0.25) is 9.59 Å². The van der Waals surface area contributed by atoms with E-state index in [2.05, 4.69) is 5.32 Å². The van der Waals surface area contributed by atoms with Gasteiger partial charge in [-0.05, 0) is 41.8 Å². The molecule has 1 saturated carbocycles. The molecule has 1 unspecified atom stereocenters. The molecule has 0 spiro atoms. The first-order chi connectivity index (χ1) is 16.4. The first kappa shape index (κ1) is 24.9. The highest BCUT2D eigenvalue weighted by Gasteiger charge is 2.38. The highest BCUT2D eigenvalue weighted by Crippen LogP contribution is 2.37. The van der Waals surface area contributed by atoms with Crippen LogP contribution >= 0.6 is 11.3 Å². The Morgan fingerprint density at radius 2 is 1.76 bits per heavy atom. The third-order valence-corrected chi connectivity index (χ3v) is 9.90. The largest absolute Gasteiger partial charge is 0.456 e. The molecule has 1 aliphatic heterocycles. The first-order valence-electron chi connectivity index (χ1n) is 12.0. The average Bonchev–Trinajstić information content (AvgIpc) is 3.35. The number of hydrogen-bond donors (Lipinski definition) is 1. The second-order valence-corrected chi connectivity index (χ2v) is 12.1. The van der Waals surface area contributed by atoms with Gasteiger partial charge in [-0.15, -0.1) is 11.3 Å². The number of ether oxygens (including phenoxy) is 1. The van der Waals surface area contributed by atoms with Crippen LogP contribution in [0.4, 0.5) is 0 Å². The van der Waals surface area contributed by atoms with Gasteiger partial charge in [0.25, 0.3) is 15.9 Å². The van der Waals surface area contributed by atoms with E-state index >= 15 is 0 Å². The number of thiophene rings is 1. The smallest absolute Gasteiger partial charge is 0.308 e. The summed E-state index contributed by atoms with van der Waals surface area (Å²) in [5, 5.41) is 4.72. The lowest BCUT2D eigenvalue weighted by Gasteiger charge is -2.35. The van der Waals surface area contributed by atoms with E-state index < -0.39 is 22.0 Å². The van der Waals surface area contributed by atoms with Gasteiger partial charge < -0.3 is 10.1 Å². The van der Waals surface area contributed by atoms with Crippen LogP contribution < -0.4 is 5.32 Å². The normalized spacial score (nSPS) is 20.1. The number of esters is 1. The molecule has 7 nitrogen and oxygen atoms in total. The molecule has 0 saturated heterocycles. The minimum Gasteiger partial charge on any atom is -0.456 e. The van der Waals surface area contributed by atoms with Gasteiger partial charge in [-0.25, -0.2) is 8.42 Å². The fraction of sp³-hybridized carbons (Fsp3) is 0.520. The van der Waals surface area contributed by atoms with Crippen molar-refractivity contribution in [2.24, 2.45) is 0 Å². The van der Waals surface area contributed by atoms with Crippen LogP contribution in [0.3, 0.4) is 0 Å². The van der Waals surface area contributed by atoms with Crippen LogP contribution in [0, 0.1) is 0 Å². The van der Waals surface area contributed by atoms with Gasteiger partial charge in [-0.2, -0.15) is 4.31 Å². The zero-order chi connectivity index (χ0) is 24.0. The Hall–Kier alpha value is -2.23. The van der Waals surface area contributed by atoms with Crippen LogP contribution in [-0.2, 0) is 30.8 Å². The predicted octanol–water partition coefficient (Wildman–Crippen LogP) is 4.20. The molecule has 184 valence electrons. The molecule has 1 aromatic heterocycles. The Balaban J connectivity index is 1.41. The molecule has 1 aromatic carbocycles. The Bertz CT molecular complexity index is 1080. The molecule has 0 bridgehead atoms. The molecule has 2 heterocycles. The molecule has 1 atom stereocenters. The van der Waals surface area contributed by atoms with Gasteiger partial charge in [0.05, 0.1) is 12.5 Å². The number of carbonyl (C=O) groups is 2. The van der Waals surface area contributed by atoms with Crippen molar-refractivity contribution in [3.63, 3.8) is 0 Å². The molecule has 4 rings (SSSR count). The van der Waals surface area contributed by atoms with Crippen molar-refractivity contribution in [1.29, 1.82) is 0 Å². The number of hydrogen-bond acceptors (Lipinski definition) is 6. The van der Waals surface area contributed by atoms with Crippen molar-refractivity contribution >= 4 is 33.2 Å². The summed E-state index contributed by atoms with van der Waals surface area (Å²) < 4.78 is 33.6. The van der Waals surface area contributed by atoms with Crippen molar-refractivity contribution in [2.45, 2.75) is 74.1 Å². The van der Waals surface area contributed by atoms with Crippen molar-refractivity contribution in [2.75, 3.05) is 13.2 Å². The van der Waals surface area contributed by atoms with Crippen molar-refractivity contribution in [3.8, 4) is 0 Å². The summed E-state index contributed by atoms with van der Waals surface area (Å²) in [6.45, 7) is -0.0568. The fourth-order valence-corrected chi connectivity index (χ4v) is 7.61. The SMILES string of the molecule is O=C(COC(=O)CC1c2ccccc2CCN1S(=O)(=O)c1cccs1)NC1CCCCCCC1. The van der Waals surface area contributed by atoms with E-state index in [4.69, 9.17) is 4.74 Å². The molecule has 2 aliphatic rings. The monoisotopic (exact) mass is 504 g/mol. The average molecular weight is 505 g/mol. The summed E-state index contributed by atoms with van der Waals surface area (Å²) >= 11 is 1.16. The van der Waals surface area contributed by atoms with Crippen molar-refractivity contribution in [1.82, 2.24) is 9.62 Å². The Morgan fingerprint density at radius 1 is 1.03 bits per heavy atom. The number of nitrogens with one attached hydrogen (secondary N) is 1. The second-order valence-electron chi connectivity index (χ2n) is 8.99. The summed E-state index contributed by atoms with van der Waals surface area (Å²) in [6.07, 6.45) is 8.17. The van der Waals surface area contributed by atoms with Gasteiger partial charge in [0.15, 0.2) is 6.61 Å². The standard InChI is InChI=1S/C25H32N2O5S2/c28-23(26-20-10-4-2-1-3-5-11-20)18-32-24(29)17-22-21-12-7-6-9-19(21)14-15-27(22)34(30,31)25-13-8-16-33-25/h6-9,12-13,16,20,22H,1-5,10-11,14-15,17-18H2,(H,26,28). The zero-order valence-corrected chi connectivity index (χ0v) is 20.9. The maximum absolute atomic E-state index is 13.3. The number of nitrogens with zero attached hydrogens (tertiary/aromatic N) is 1. The summed E-state index contributed by atoms with van der Waals surface area (Å²) in [7, 11) is -3.75. The maximum Gasteiger partial charge on any atom is 0.308 e. The number of fused-ring (bicyclic) bond motifs is 1. The zero-order valence-electron chi connectivity index (χ0n) is 19.3. The topological polar surface area (TPSA) is 92.8 Å². The lowest BCUT2D eigenvalue weighted by molar-refractivity contribution is -0.149. The minimum absolute atomic E-state index is 0.128. The molecule has 0 radical (unpaired) electrons. The number of carbonyl (C=O) groups excluding carboxylic acids is 2. The molecular weight excluding hydrogens is 472 g/mol. The van der Waals surface area contributed by atoms with Crippen molar-refractivity contribution in [3.05, 3.63) is 52.9 Å². The minimum atomic E-state index is -3.75. The predicted molar refractivity (Wildman–Crippen MR) is 131 cm³/mol. The van der Waals surface area contributed by atoms with E-state index in [0.29, 0.717) is 6.42 Å². The Kier molecular flexibility index (Phi) is 8.39. The van der Waals surface area contributed by atoms with Crippen LogP contribution in [0.5, 0.6) is 0 Å². The lowest BCUT2D eigenvalue weighted by Crippen LogP contribution is -2.41. The number of sulfonamides is 1. The van der Waals surface area contributed by atoms with Gasteiger partial charge in [0.1, 0.15) is 4.21 Å². The molecule has 9 heteroatoms. The molecule has 1 amide bonds. The summed E-state index contributed by atoms with van der Waals surface area (Å²) in [4.78, 5) is 25.1. The number of rotatable bonds is 7. The van der Waals surface area contributed by atoms with Gasteiger partial charge in [0.2, 0.25) is 0 Å². The van der Waals surface area contributed by atoms with Crippen LogP contribution in [-0.4, -0.2) is 43.8 Å². The Labute approximate surface area is 205 Å². The van der Waals surface area contributed by atoms with Crippen LogP contribution in [0.1, 0.15) is 68.5 Å². The third kappa shape index (κ3) is 6.06. The molecule has 1 N–H and O–H groups in total. The first-order valence-corrected chi connectivity index (χ1v) is 14.4. The number of amides is 1. The lowest BCUT2D eigenvalue weighted by atomic mass is 9.92. The van der Waals surface area contributed by atoms with Gasteiger partial charge >= 0.3 is 5.97 Å². The van der Waals surface area contributed by atoms with E-state index in [1.807, 2.05) is 24.3 Å². The molecular formula is C25H32N2O5S2. The van der Waals surface area contributed by atoms with Gasteiger partial charge in [-0.1, -0.05) is 62.4 Å². The third-order valence-electron chi connectivity index (χ3n) is 6.62. The highest BCUT2D eigenvalue weighted by atomic mass is 32.2. The molecule has 1 fully saturated rings. The van der Waals surface area contributed by atoms with Crippen LogP contribution in [0.15, 0.2) is 46.0 Å². The van der Waals surface area contributed by atoms with E-state index in [1.165, 1.54) is 23.6 Å².